The van der Waals surface area contributed by atoms with Crippen molar-refractivity contribution in [2.75, 3.05) is 67.6 Å². The highest BCUT2D eigenvalue weighted by atomic mass is 35.5. The minimum Gasteiger partial charge on any atom is -0.454 e. The predicted octanol–water partition coefficient (Wildman–Crippen LogP) is 5.38. The van der Waals surface area contributed by atoms with Crippen LogP contribution < -0.4 is 29.9 Å². The van der Waals surface area contributed by atoms with Crippen molar-refractivity contribution in [3.05, 3.63) is 57.6 Å². The molecule has 0 spiro atoms. The van der Waals surface area contributed by atoms with Crippen LogP contribution in [-0.2, 0) is 11.3 Å². The van der Waals surface area contributed by atoms with Crippen LogP contribution in [0.3, 0.4) is 0 Å². The van der Waals surface area contributed by atoms with Gasteiger partial charge in [-0.3, -0.25) is 14.6 Å². The van der Waals surface area contributed by atoms with E-state index in [1.54, 1.807) is 12.1 Å². The van der Waals surface area contributed by atoms with Crippen LogP contribution in [0, 0.1) is 11.3 Å². The number of halogens is 1. The number of thiophene rings is 1. The lowest BCUT2D eigenvalue weighted by molar-refractivity contribution is 0.0342. The monoisotopic (exact) mass is 631 g/mol. The molecule has 1 fully saturated rings. The van der Waals surface area contributed by atoms with Crippen LogP contribution >= 0.6 is 22.9 Å². The summed E-state index contributed by atoms with van der Waals surface area (Å²) in [6.45, 7) is 3.90. The summed E-state index contributed by atoms with van der Waals surface area (Å²) in [7, 11) is 3.93. The van der Waals surface area contributed by atoms with Gasteiger partial charge in [0.25, 0.3) is 5.91 Å². The molecule has 1 saturated heterocycles. The molecule has 44 heavy (non-hydrogen) atoms. The molecule has 2 aromatic carbocycles. The van der Waals surface area contributed by atoms with Crippen molar-refractivity contribution in [1.29, 1.82) is 5.26 Å². The zero-order chi connectivity index (χ0) is 30.5. The lowest BCUT2D eigenvalue weighted by Crippen LogP contribution is -2.36. The summed E-state index contributed by atoms with van der Waals surface area (Å²) in [4.78, 5) is 38.3. The number of pyridine rings is 1. The maximum absolute atomic E-state index is 13.8. The van der Waals surface area contributed by atoms with Gasteiger partial charge in [-0.2, -0.15) is 5.26 Å². The molecule has 7 rings (SSSR count). The number of carbonyl (C=O) groups excluding carboxylic acids is 2. The molecule has 0 aliphatic carbocycles. The molecule has 2 aromatic heterocycles. The molecule has 3 amide bonds. The fourth-order valence-corrected chi connectivity index (χ4v) is 6.87. The number of hydrogen-bond donors (Lipinski definition) is 2. The van der Waals surface area contributed by atoms with Crippen molar-refractivity contribution in [3.63, 3.8) is 0 Å². The van der Waals surface area contributed by atoms with Crippen LogP contribution in [-0.4, -0.2) is 69.0 Å². The number of aromatic nitrogens is 1. The van der Waals surface area contributed by atoms with Gasteiger partial charge in [0.15, 0.2) is 11.5 Å². The number of hydrogen-bond acceptors (Lipinski definition) is 10. The van der Waals surface area contributed by atoms with E-state index in [4.69, 9.17) is 25.8 Å². The van der Waals surface area contributed by atoms with E-state index in [0.29, 0.717) is 34.9 Å². The van der Waals surface area contributed by atoms with E-state index in [-0.39, 0.29) is 45.1 Å². The zero-order valence-corrected chi connectivity index (χ0v) is 25.3. The van der Waals surface area contributed by atoms with Gasteiger partial charge in [-0.15, -0.1) is 11.3 Å². The molecule has 0 saturated carbocycles. The molecular formula is C30H26ClN7O5S. The summed E-state index contributed by atoms with van der Waals surface area (Å²) in [5.41, 5.74) is 3.64. The number of nitrogens with one attached hydrogen (secondary N) is 2. The fraction of sp³-hybridized carbons (Fsp3) is 0.267. The van der Waals surface area contributed by atoms with Crippen LogP contribution in [0.1, 0.15) is 20.8 Å². The summed E-state index contributed by atoms with van der Waals surface area (Å²) < 4.78 is 16.6. The number of ether oxygens (including phenoxy) is 3. The van der Waals surface area contributed by atoms with Crippen molar-refractivity contribution < 1.29 is 23.8 Å². The maximum atomic E-state index is 13.8. The summed E-state index contributed by atoms with van der Waals surface area (Å²) in [5, 5.41) is 16.5. The molecule has 12 nitrogen and oxygen atoms in total. The lowest BCUT2D eigenvalue weighted by Gasteiger charge is -2.30. The Hall–Kier alpha value is -4.61. The summed E-state index contributed by atoms with van der Waals surface area (Å²) in [6, 6.07) is 10.6. The van der Waals surface area contributed by atoms with E-state index >= 15 is 0 Å². The molecule has 0 bridgehead atoms. The van der Waals surface area contributed by atoms with Gasteiger partial charge in [0.2, 0.25) is 6.79 Å². The number of nitriles is 1. The van der Waals surface area contributed by atoms with E-state index in [2.05, 4.69) is 26.6 Å². The lowest BCUT2D eigenvalue weighted by atomic mass is 10.1. The average molecular weight is 632 g/mol. The van der Waals surface area contributed by atoms with Crippen LogP contribution in [0.25, 0.3) is 10.2 Å². The Morgan fingerprint density at radius 3 is 2.80 bits per heavy atom. The normalized spacial score (nSPS) is 15.7. The van der Waals surface area contributed by atoms with Gasteiger partial charge in [-0.05, 0) is 29.8 Å². The number of carbonyl (C=O) groups is 2. The molecular weight excluding hydrogens is 606 g/mol. The van der Waals surface area contributed by atoms with Crippen LogP contribution in [0.15, 0.2) is 36.5 Å². The zero-order valence-electron chi connectivity index (χ0n) is 23.8. The topological polar surface area (TPSA) is 132 Å². The molecule has 3 aliphatic rings. The van der Waals surface area contributed by atoms with E-state index in [0.717, 1.165) is 42.2 Å². The van der Waals surface area contributed by atoms with Gasteiger partial charge in [-0.1, -0.05) is 17.7 Å². The first kappa shape index (κ1) is 28.2. The van der Waals surface area contributed by atoms with Crippen LogP contribution in [0.5, 0.6) is 11.5 Å². The molecule has 0 unspecified atom stereocenters. The second kappa shape index (κ2) is 11.1. The Kier molecular flexibility index (Phi) is 7.14. The third-order valence-electron chi connectivity index (χ3n) is 7.69. The van der Waals surface area contributed by atoms with E-state index in [9.17, 15) is 14.9 Å². The number of urea groups is 1. The largest absolute Gasteiger partial charge is 0.454 e. The van der Waals surface area contributed by atoms with E-state index in [1.165, 1.54) is 11.1 Å². The first-order chi connectivity index (χ1) is 21.3. The summed E-state index contributed by atoms with van der Waals surface area (Å²) in [6.07, 6.45) is 1.39. The molecule has 0 radical (unpaired) electrons. The number of anilines is 5. The molecule has 224 valence electrons. The number of fused-ring (bicyclic) bond motifs is 1. The SMILES string of the molecule is CN(C)c1cc(NC(=O)c2sc3ncc(C#N)c4c3c2NC(=O)N4c2c(Cl)ccc3c2OCO3)ccc1CN1CCOCC1. The standard InChI is InChI=1S/C30H26ClN7O5S/c1-36(2)20-11-18(4-3-16(20)14-37-7-9-41-10-8-37)34-28(39)27-23-22-24(17(12-32)13-33-29(22)44-27)38(30(40)35-23)25-19(31)5-6-21-26(25)43-15-42-21/h3-6,11,13H,7-10,14-15H2,1-2H3,(H,34,39)(H,35,40). The highest BCUT2D eigenvalue weighted by molar-refractivity contribution is 7.21. The molecule has 5 heterocycles. The third-order valence-corrected chi connectivity index (χ3v) is 9.09. The van der Waals surface area contributed by atoms with Crippen LogP contribution in [0.4, 0.5) is 33.2 Å². The number of nitrogens with zero attached hydrogens (tertiary/aromatic N) is 5. The van der Waals surface area contributed by atoms with Crippen molar-refractivity contribution in [2.24, 2.45) is 0 Å². The van der Waals surface area contributed by atoms with Gasteiger partial charge in [-0.25, -0.2) is 9.78 Å². The number of morpholine rings is 1. The van der Waals surface area contributed by atoms with Gasteiger partial charge in [0.05, 0.1) is 40.6 Å². The van der Waals surface area contributed by atoms with E-state index in [1.807, 2.05) is 37.2 Å². The highest BCUT2D eigenvalue weighted by Crippen LogP contribution is 2.53. The Balaban J connectivity index is 1.26. The highest BCUT2D eigenvalue weighted by Gasteiger charge is 2.38. The Morgan fingerprint density at radius 1 is 1.20 bits per heavy atom. The summed E-state index contributed by atoms with van der Waals surface area (Å²) in [5.74, 6) is 0.291. The molecule has 0 atom stereocenters. The Morgan fingerprint density at radius 2 is 2.02 bits per heavy atom. The van der Waals surface area contributed by atoms with Gasteiger partial charge in [0, 0.05) is 51.3 Å². The second-order valence-corrected chi connectivity index (χ2v) is 12.0. The molecule has 4 aromatic rings. The molecule has 3 aliphatic heterocycles. The summed E-state index contributed by atoms with van der Waals surface area (Å²) >= 11 is 7.70. The Bertz CT molecular complexity index is 1880. The second-order valence-electron chi connectivity index (χ2n) is 10.6. The smallest absolute Gasteiger partial charge is 0.331 e. The van der Waals surface area contributed by atoms with Gasteiger partial charge in [0.1, 0.15) is 21.5 Å². The van der Waals surface area contributed by atoms with Crippen molar-refractivity contribution in [3.8, 4) is 17.6 Å². The quantitative estimate of drug-likeness (QED) is 0.288. The average Bonchev–Trinajstić information content (AvgIpc) is 3.65. The molecule has 14 heteroatoms. The van der Waals surface area contributed by atoms with Crippen molar-refractivity contribution in [1.82, 2.24) is 9.88 Å². The molecule has 2 N–H and O–H groups in total. The predicted molar refractivity (Wildman–Crippen MR) is 168 cm³/mol. The minimum atomic E-state index is -0.609. The first-order valence-electron chi connectivity index (χ1n) is 13.8. The first-order valence-corrected chi connectivity index (χ1v) is 15.0. The number of benzene rings is 2. The fourth-order valence-electron chi connectivity index (χ4n) is 5.64. The van der Waals surface area contributed by atoms with Crippen molar-refractivity contribution >= 4 is 73.5 Å². The van der Waals surface area contributed by atoms with Gasteiger partial charge < -0.3 is 29.7 Å². The van der Waals surface area contributed by atoms with E-state index < -0.39 is 11.9 Å². The van der Waals surface area contributed by atoms with Crippen molar-refractivity contribution in [2.45, 2.75) is 6.54 Å². The Labute approximate surface area is 261 Å². The maximum Gasteiger partial charge on any atom is 0.331 e. The minimum absolute atomic E-state index is 0.0350. The third kappa shape index (κ3) is 4.72. The van der Waals surface area contributed by atoms with Gasteiger partial charge >= 0.3 is 6.03 Å². The van der Waals surface area contributed by atoms with Crippen LogP contribution in [0.2, 0.25) is 5.02 Å². The number of rotatable bonds is 6. The number of amides is 3.